The number of carbonyl (C=O) groups excluding carboxylic acids is 2. The first-order chi connectivity index (χ1) is 13.2. The highest BCUT2D eigenvalue weighted by Crippen LogP contribution is 2.24. The Labute approximate surface area is 171 Å². The molecule has 28 heavy (non-hydrogen) atoms. The first-order valence-corrected chi connectivity index (χ1v) is 9.57. The van der Waals surface area contributed by atoms with Crippen LogP contribution in [-0.4, -0.2) is 36.4 Å². The van der Waals surface area contributed by atoms with E-state index in [-0.39, 0.29) is 25.0 Å². The molecule has 0 aliphatic carbocycles. The fourth-order valence-corrected chi connectivity index (χ4v) is 3.17. The molecular formula is C22H27ClN2O3. The highest BCUT2D eigenvalue weighted by Gasteiger charge is 2.26. The number of halogens is 1. The molecule has 0 saturated heterocycles. The third-order valence-electron chi connectivity index (χ3n) is 4.83. The number of nitrogens with one attached hydrogen (secondary N) is 1. The third kappa shape index (κ3) is 5.26. The maximum absolute atomic E-state index is 13.0. The summed E-state index contributed by atoms with van der Waals surface area (Å²) in [6, 6.07) is 10.6. The van der Waals surface area contributed by atoms with Crippen molar-refractivity contribution < 1.29 is 14.3 Å². The van der Waals surface area contributed by atoms with E-state index in [1.165, 1.54) is 4.90 Å². The molecule has 2 aromatic carbocycles. The molecule has 2 rings (SSSR count). The first-order valence-electron chi connectivity index (χ1n) is 9.19. The normalized spacial score (nSPS) is 11.6. The second-order valence-electron chi connectivity index (χ2n) is 6.90. The quantitative estimate of drug-likeness (QED) is 0.766. The van der Waals surface area contributed by atoms with Crippen LogP contribution in [0, 0.1) is 20.8 Å². The molecule has 0 spiro atoms. The van der Waals surface area contributed by atoms with E-state index in [2.05, 4.69) is 11.4 Å². The van der Waals surface area contributed by atoms with Gasteiger partial charge in [0.15, 0.2) is 6.61 Å². The van der Waals surface area contributed by atoms with Gasteiger partial charge in [-0.3, -0.25) is 9.59 Å². The van der Waals surface area contributed by atoms with Crippen LogP contribution < -0.4 is 10.1 Å². The van der Waals surface area contributed by atoms with E-state index in [0.29, 0.717) is 10.8 Å². The molecule has 0 radical (unpaired) electrons. The van der Waals surface area contributed by atoms with Gasteiger partial charge in [0.1, 0.15) is 11.8 Å². The largest absolute Gasteiger partial charge is 0.483 e. The lowest BCUT2D eigenvalue weighted by molar-refractivity contribution is -0.142. The molecule has 6 heteroatoms. The Hall–Kier alpha value is -2.53. The summed E-state index contributed by atoms with van der Waals surface area (Å²) in [6.45, 7) is 7.71. The molecule has 1 atom stereocenters. The van der Waals surface area contributed by atoms with Gasteiger partial charge in [0.2, 0.25) is 5.91 Å². The van der Waals surface area contributed by atoms with E-state index in [0.717, 1.165) is 22.3 Å². The van der Waals surface area contributed by atoms with E-state index in [1.807, 2.05) is 45.0 Å². The average Bonchev–Trinajstić information content (AvgIpc) is 2.67. The van der Waals surface area contributed by atoms with E-state index in [9.17, 15) is 9.59 Å². The molecule has 0 aliphatic rings. The topological polar surface area (TPSA) is 58.6 Å². The summed E-state index contributed by atoms with van der Waals surface area (Å²) in [5, 5.41) is 3.14. The van der Waals surface area contributed by atoms with E-state index >= 15 is 0 Å². The van der Waals surface area contributed by atoms with Crippen molar-refractivity contribution in [1.29, 1.82) is 0 Å². The SMILES string of the molecule is CNC(=O)[C@H](C)N(Cc1ccccc1Cl)C(=O)COc1cc(C)cc(C)c1C. The number of carbonyl (C=O) groups is 2. The molecule has 1 N–H and O–H groups in total. The second kappa shape index (κ2) is 9.60. The van der Waals surface area contributed by atoms with Crippen molar-refractivity contribution >= 4 is 23.4 Å². The molecule has 0 saturated carbocycles. The fraction of sp³-hybridized carbons (Fsp3) is 0.364. The Balaban J connectivity index is 2.21. The molecule has 0 unspecified atom stereocenters. The molecule has 0 aliphatic heterocycles. The maximum atomic E-state index is 13.0. The summed E-state index contributed by atoms with van der Waals surface area (Å²) in [7, 11) is 1.55. The summed E-state index contributed by atoms with van der Waals surface area (Å²) >= 11 is 6.25. The van der Waals surface area contributed by atoms with Gasteiger partial charge in [-0.25, -0.2) is 0 Å². The number of rotatable bonds is 7. The van der Waals surface area contributed by atoms with Gasteiger partial charge in [0.05, 0.1) is 0 Å². The molecule has 0 bridgehead atoms. The second-order valence-corrected chi connectivity index (χ2v) is 7.30. The van der Waals surface area contributed by atoms with Crippen molar-refractivity contribution in [2.24, 2.45) is 0 Å². The highest BCUT2D eigenvalue weighted by molar-refractivity contribution is 6.31. The summed E-state index contributed by atoms with van der Waals surface area (Å²) in [5.41, 5.74) is 3.94. The lowest BCUT2D eigenvalue weighted by atomic mass is 10.1. The molecule has 150 valence electrons. The molecule has 2 aromatic rings. The van der Waals surface area contributed by atoms with Crippen LogP contribution >= 0.6 is 11.6 Å². The highest BCUT2D eigenvalue weighted by atomic mass is 35.5. The zero-order chi connectivity index (χ0) is 20.8. The maximum Gasteiger partial charge on any atom is 0.261 e. The van der Waals surface area contributed by atoms with Crippen LogP contribution in [0.5, 0.6) is 5.75 Å². The standard InChI is InChI=1S/C22H27ClN2O3/c1-14-10-15(2)16(3)20(11-14)28-13-21(26)25(17(4)22(27)24-5)12-18-8-6-7-9-19(18)23/h6-11,17H,12-13H2,1-5H3,(H,24,27)/t17-/m0/s1. The summed E-state index contributed by atoms with van der Waals surface area (Å²) in [4.78, 5) is 26.6. The number of aryl methyl sites for hydroxylation is 2. The number of ether oxygens (including phenoxy) is 1. The van der Waals surface area contributed by atoms with Crippen LogP contribution in [0.4, 0.5) is 0 Å². The Kier molecular flexibility index (Phi) is 7.46. The third-order valence-corrected chi connectivity index (χ3v) is 5.20. The zero-order valence-electron chi connectivity index (χ0n) is 17.0. The summed E-state index contributed by atoms with van der Waals surface area (Å²) in [6.07, 6.45) is 0. The fourth-order valence-electron chi connectivity index (χ4n) is 2.97. The molecule has 0 aromatic heterocycles. The molecule has 0 heterocycles. The Morgan fingerprint density at radius 1 is 1.18 bits per heavy atom. The molecular weight excluding hydrogens is 376 g/mol. The smallest absolute Gasteiger partial charge is 0.261 e. The number of amides is 2. The lowest BCUT2D eigenvalue weighted by Gasteiger charge is -2.28. The number of hydrogen-bond acceptors (Lipinski definition) is 3. The van der Waals surface area contributed by atoms with Gasteiger partial charge in [0.25, 0.3) is 5.91 Å². The predicted molar refractivity (Wildman–Crippen MR) is 112 cm³/mol. The number of nitrogens with zero attached hydrogens (tertiary/aromatic N) is 1. The van der Waals surface area contributed by atoms with Crippen LogP contribution in [-0.2, 0) is 16.1 Å². The van der Waals surface area contributed by atoms with Crippen LogP contribution in [0.2, 0.25) is 5.02 Å². The number of likely N-dealkylation sites (N-methyl/N-ethyl adjacent to an activating group) is 1. The van der Waals surface area contributed by atoms with Crippen LogP contribution in [0.15, 0.2) is 36.4 Å². The molecule has 5 nitrogen and oxygen atoms in total. The molecule has 2 amide bonds. The van der Waals surface area contributed by atoms with Crippen molar-refractivity contribution in [2.45, 2.75) is 40.3 Å². The summed E-state index contributed by atoms with van der Waals surface area (Å²) < 4.78 is 5.82. The van der Waals surface area contributed by atoms with Gasteiger partial charge in [-0.05, 0) is 62.1 Å². The lowest BCUT2D eigenvalue weighted by Crippen LogP contribution is -2.48. The van der Waals surface area contributed by atoms with Gasteiger partial charge in [-0.15, -0.1) is 0 Å². The van der Waals surface area contributed by atoms with Crippen molar-refractivity contribution in [3.63, 3.8) is 0 Å². The van der Waals surface area contributed by atoms with Crippen molar-refractivity contribution in [3.05, 3.63) is 63.7 Å². The Morgan fingerprint density at radius 2 is 1.86 bits per heavy atom. The van der Waals surface area contributed by atoms with E-state index in [4.69, 9.17) is 16.3 Å². The van der Waals surface area contributed by atoms with Gasteiger partial charge >= 0.3 is 0 Å². The van der Waals surface area contributed by atoms with Gasteiger partial charge in [-0.1, -0.05) is 35.9 Å². The van der Waals surface area contributed by atoms with Crippen molar-refractivity contribution in [2.75, 3.05) is 13.7 Å². The average molecular weight is 403 g/mol. The van der Waals surface area contributed by atoms with E-state index in [1.54, 1.807) is 20.0 Å². The van der Waals surface area contributed by atoms with Crippen LogP contribution in [0.1, 0.15) is 29.2 Å². The number of benzene rings is 2. The van der Waals surface area contributed by atoms with Crippen LogP contribution in [0.3, 0.4) is 0 Å². The number of hydrogen-bond donors (Lipinski definition) is 1. The molecule has 0 fully saturated rings. The summed E-state index contributed by atoms with van der Waals surface area (Å²) in [5.74, 6) is 0.147. The van der Waals surface area contributed by atoms with Gasteiger partial charge < -0.3 is 15.0 Å². The predicted octanol–water partition coefficient (Wildman–Crippen LogP) is 3.81. The first kappa shape index (κ1) is 21.8. The zero-order valence-corrected chi connectivity index (χ0v) is 17.8. The minimum Gasteiger partial charge on any atom is -0.483 e. The Bertz CT molecular complexity index is 867. The minimum atomic E-state index is -0.655. The van der Waals surface area contributed by atoms with Crippen molar-refractivity contribution in [1.82, 2.24) is 10.2 Å². The minimum absolute atomic E-state index is 0.157. The van der Waals surface area contributed by atoms with E-state index < -0.39 is 6.04 Å². The Morgan fingerprint density at radius 3 is 2.50 bits per heavy atom. The van der Waals surface area contributed by atoms with Gasteiger partial charge in [-0.2, -0.15) is 0 Å². The van der Waals surface area contributed by atoms with Crippen molar-refractivity contribution in [3.8, 4) is 5.75 Å². The van der Waals surface area contributed by atoms with Crippen LogP contribution in [0.25, 0.3) is 0 Å². The monoisotopic (exact) mass is 402 g/mol. The van der Waals surface area contributed by atoms with Gasteiger partial charge in [0, 0.05) is 18.6 Å².